The van der Waals surface area contributed by atoms with Crippen molar-refractivity contribution < 1.29 is 0 Å². The third-order valence-electron chi connectivity index (χ3n) is 0. The molecule has 3 nitrogen and oxygen atoms in total. The third-order valence-corrected chi connectivity index (χ3v) is 0. The van der Waals surface area contributed by atoms with Crippen molar-refractivity contribution in [2.75, 3.05) is 0 Å². The molecule has 0 bridgehead atoms. The molecule has 0 aliphatic heterocycles. The highest BCUT2D eigenvalue weighted by Gasteiger charge is 0.00300. The zero-order valence-electron chi connectivity index (χ0n) is 1.84. The Bertz CT molecular complexity index is 3.25. The molecule has 0 rings (SSSR count). The molecule has 0 unspecified atom stereocenters. The monoisotopic (exact) mass is 54.0 g/mol. The molecule has 0 atom stereocenters. The van der Waals surface area contributed by atoms with Gasteiger partial charge in [-0.1, -0.05) is 0 Å². The zero-order valence-corrected chi connectivity index (χ0v) is 1.84. The van der Waals surface area contributed by atoms with Crippen LogP contribution in [0.15, 0.2) is 0 Å². The van der Waals surface area contributed by atoms with Crippen LogP contribution in [0.2, 0.25) is 0 Å². The van der Waals surface area contributed by atoms with Crippen LogP contribution in [0.5, 0.6) is 0 Å². The highest BCUT2D eigenvalue weighted by molar-refractivity contribution is 3.24. The lowest BCUT2D eigenvalue weighted by atomic mass is 12.0. The Morgan fingerprint density at radius 3 is 0.500 bits per heavy atom. The predicted octanol–water partition coefficient (Wildman–Crippen LogP) is -1.36. The van der Waals surface area contributed by atoms with Gasteiger partial charge >= 0.3 is 0 Å². The van der Waals surface area contributed by atoms with Gasteiger partial charge in [0.05, 0.1) is 0 Å². The SMILES string of the molecule is [C].[N].[N].[N]. The maximum Gasteiger partial charge on any atom is 0 e. The van der Waals surface area contributed by atoms with Crippen molar-refractivity contribution in [3.8, 4) is 0 Å². The summed E-state index contributed by atoms with van der Waals surface area (Å²) >= 11 is 0. The second kappa shape index (κ2) is 707. The molecule has 0 aromatic rings. The molecule has 3 heteroatoms. The Hall–Kier alpha value is -0.120. The first-order valence-corrected chi connectivity index (χ1v) is 0. The number of hydrogen-bond acceptors (Lipinski definition) is 0. The van der Waals surface area contributed by atoms with Gasteiger partial charge in [-0.3, -0.25) is 0 Å². The van der Waals surface area contributed by atoms with Gasteiger partial charge < -0.3 is 0 Å². The van der Waals surface area contributed by atoms with Gasteiger partial charge in [0.1, 0.15) is 0 Å². The summed E-state index contributed by atoms with van der Waals surface area (Å²) in [6.45, 7) is 0. The Balaban J connectivity index is 0. The number of hydrogen-bond donors (Lipinski definition) is 0. The van der Waals surface area contributed by atoms with E-state index in [0.29, 0.717) is 0 Å². The van der Waals surface area contributed by atoms with Crippen molar-refractivity contribution >= 4 is 0 Å². The summed E-state index contributed by atoms with van der Waals surface area (Å²) in [7, 11) is 0. The van der Waals surface area contributed by atoms with E-state index in [4.69, 9.17) is 0 Å². The van der Waals surface area contributed by atoms with Crippen LogP contribution in [0.4, 0.5) is 0 Å². The second-order valence-electron chi connectivity index (χ2n) is 0. The van der Waals surface area contributed by atoms with Crippen LogP contribution in [0.3, 0.4) is 0 Å². The van der Waals surface area contributed by atoms with Crippen molar-refractivity contribution in [2.24, 2.45) is 0 Å². The molecule has 0 N–H and O–H groups in total. The highest BCUT2D eigenvalue weighted by Crippen LogP contribution is 0.0813. The van der Waals surface area contributed by atoms with E-state index in [1.54, 1.807) is 0 Å². The molecule has 19 valence electrons. The van der Waals surface area contributed by atoms with E-state index in [0.717, 1.165) is 0 Å². The lowest BCUT2D eigenvalue weighted by Crippen LogP contribution is -0.482. The summed E-state index contributed by atoms with van der Waals surface area (Å²) in [4.78, 5) is 0. The summed E-state index contributed by atoms with van der Waals surface area (Å²) in [5.74, 6) is 0. The molecule has 0 aliphatic rings. The Labute approximate surface area is 27.1 Å². The normalized spacial score (nSPS) is 0. The van der Waals surface area contributed by atoms with Gasteiger partial charge in [0.15, 0.2) is 0 Å². The van der Waals surface area contributed by atoms with Gasteiger partial charge in [-0.25, -0.2) is 0 Å². The van der Waals surface area contributed by atoms with E-state index in [1.807, 2.05) is 0 Å². The first-order valence-electron chi connectivity index (χ1n) is 0. The number of rotatable bonds is 0. The molecule has 0 amide bonds. The fourth-order valence-corrected chi connectivity index (χ4v) is 0. The van der Waals surface area contributed by atoms with Crippen LogP contribution in [-0.4, -0.2) is 0 Å². The fraction of sp³-hybridized carbons (Fsp3) is 0. The molecular weight excluding hydrogens is 54.0 g/mol. The molecular formula is CN3. The Morgan fingerprint density at radius 2 is 0.500 bits per heavy atom. The van der Waals surface area contributed by atoms with Crippen LogP contribution in [-0.2, 0) is 0 Å². The van der Waals surface area contributed by atoms with Gasteiger partial charge in [0, 0.05) is 25.9 Å². The van der Waals surface area contributed by atoms with Gasteiger partial charge in [-0.05, 0) is 0 Å². The second-order valence-corrected chi connectivity index (χ2v) is 0. The van der Waals surface area contributed by atoms with Crippen LogP contribution in [0, 0.1) is 7.43 Å². The minimum absolute atomic E-state index is 0. The molecule has 0 aliphatic carbocycles. The van der Waals surface area contributed by atoms with Crippen LogP contribution in [0.25, 0.3) is 0 Å². The summed E-state index contributed by atoms with van der Waals surface area (Å²) in [6, 6.07) is 0. The van der Waals surface area contributed by atoms with Crippen LogP contribution in [0.1, 0.15) is 0 Å². The average Bonchev–Trinajstić information content (AvgIpc) is 0. The zero-order chi connectivity index (χ0) is 0. The first-order chi connectivity index (χ1) is 0. The first kappa shape index (κ1) is 2230. The van der Waals surface area contributed by atoms with E-state index < -0.39 is 0 Å². The molecule has 0 aromatic carbocycles. The highest BCUT2D eigenvalue weighted by atomic mass is 14.0. The maximum absolute atomic E-state index is 0. The molecule has 4 heavy (non-hydrogen) atoms. The molecule has 13 radical (unpaired) electrons. The molecule has 0 spiro atoms. The summed E-state index contributed by atoms with van der Waals surface area (Å²) in [6.07, 6.45) is 0. The Kier molecular flexibility index (Phi) is 395000. The topological polar surface area (TPSA) is 91.5 Å². The van der Waals surface area contributed by atoms with Crippen molar-refractivity contribution in [1.29, 1.82) is 0 Å². The largest absolute Gasteiger partial charge is 0 e. The lowest BCUT2D eigenvalue weighted by Gasteiger charge is -0.00100. The number of nitrogens with zero attached hydrogens (tertiary/aromatic N) is 3. The predicted molar refractivity (Wildman–Crippen MR) is 9.64 cm³/mol. The van der Waals surface area contributed by atoms with Gasteiger partial charge in [0.25, 0.3) is 0 Å². The van der Waals surface area contributed by atoms with E-state index >= 15 is 0 Å². The maximum atomic E-state index is 0. The van der Waals surface area contributed by atoms with Crippen molar-refractivity contribution in [1.82, 2.24) is 18.5 Å². The van der Waals surface area contributed by atoms with Crippen molar-refractivity contribution in [3.05, 3.63) is 7.43 Å². The molecule has 0 heterocycles. The van der Waals surface area contributed by atoms with Gasteiger partial charge in [-0.2, -0.15) is 0 Å². The van der Waals surface area contributed by atoms with Crippen molar-refractivity contribution in [2.45, 2.75) is 0 Å². The summed E-state index contributed by atoms with van der Waals surface area (Å²) in [5, 5.41) is 0. The average molecular weight is 54.0 g/mol. The minimum Gasteiger partial charge on any atom is 0 e. The molecule has 0 fully saturated rings. The van der Waals surface area contributed by atoms with Crippen LogP contribution < -0.4 is 18.5 Å². The Morgan fingerprint density at radius 1 is 0.500 bits per heavy atom. The van der Waals surface area contributed by atoms with Gasteiger partial charge in [-0.15, -0.1) is 0 Å². The van der Waals surface area contributed by atoms with E-state index in [9.17, 15) is 0 Å². The molecule has 0 saturated carbocycles. The minimum atomic E-state index is 0. The summed E-state index contributed by atoms with van der Waals surface area (Å²) < 4.78 is 0. The van der Waals surface area contributed by atoms with E-state index in [1.165, 1.54) is 0 Å². The summed E-state index contributed by atoms with van der Waals surface area (Å²) in [5.41, 5.74) is 0. The fourth-order valence-electron chi connectivity index (χ4n) is 0. The van der Waals surface area contributed by atoms with E-state index in [2.05, 4.69) is 0 Å². The van der Waals surface area contributed by atoms with Crippen molar-refractivity contribution in [3.63, 3.8) is 0 Å². The lowest BCUT2D eigenvalue weighted by molar-refractivity contribution is 2.13. The third kappa shape index (κ3) is 101. The van der Waals surface area contributed by atoms with E-state index in [-0.39, 0.29) is 25.9 Å². The quantitative estimate of drug-likeness (QED) is 0.326. The standard InChI is InChI=1S/C.3N. The van der Waals surface area contributed by atoms with Crippen LogP contribution >= 0.6 is 0 Å². The van der Waals surface area contributed by atoms with Gasteiger partial charge in [0.2, 0.25) is 0 Å². The molecule has 0 aromatic heterocycles. The molecule has 0 saturated heterocycles. The smallest absolute Gasteiger partial charge is 0 e.